The molecule has 122 valence electrons. The molecule has 0 aliphatic carbocycles. The lowest BCUT2D eigenvalue weighted by molar-refractivity contribution is -0.385. The zero-order valence-corrected chi connectivity index (χ0v) is 13.5. The molecule has 10 heteroatoms. The third-order valence-corrected chi connectivity index (χ3v) is 7.01. The number of nitrogens with one attached hydrogen (secondary N) is 1. The highest BCUT2D eigenvalue weighted by molar-refractivity contribution is 7.91. The number of nitro benzene ring substituents is 1. The highest BCUT2D eigenvalue weighted by Gasteiger charge is 2.30. The molecule has 0 radical (unpaired) electrons. The van der Waals surface area contributed by atoms with Crippen LogP contribution >= 0.6 is 0 Å². The second-order valence-corrected chi connectivity index (χ2v) is 9.14. The van der Waals surface area contributed by atoms with Gasteiger partial charge in [0.1, 0.15) is 0 Å². The molecule has 0 spiro atoms. The van der Waals surface area contributed by atoms with Gasteiger partial charge in [0.05, 0.1) is 21.3 Å². The van der Waals surface area contributed by atoms with Crippen LogP contribution in [0, 0.1) is 17.0 Å². The van der Waals surface area contributed by atoms with E-state index in [1.807, 2.05) is 0 Å². The standard InChI is InChI=1S/C12H16N2O6S2/c1-9-11(14(15)16)5-2-6-12(9)22(19,20)13-10-4-3-7-21(17,18)8-10/h2,5-6,10,13H,3-4,7-8H2,1H3/t10-/m1/s1. The second-order valence-electron chi connectivity index (χ2n) is 5.23. The van der Waals surface area contributed by atoms with Crippen LogP contribution in [0.2, 0.25) is 0 Å². The zero-order valence-electron chi connectivity index (χ0n) is 11.9. The van der Waals surface area contributed by atoms with Gasteiger partial charge >= 0.3 is 0 Å². The van der Waals surface area contributed by atoms with Gasteiger partial charge in [-0.15, -0.1) is 0 Å². The highest BCUT2D eigenvalue weighted by Crippen LogP contribution is 2.25. The maximum atomic E-state index is 12.4. The Kier molecular flexibility index (Phi) is 4.54. The van der Waals surface area contributed by atoms with Crippen LogP contribution in [0.5, 0.6) is 0 Å². The summed E-state index contributed by atoms with van der Waals surface area (Å²) in [5.74, 6) is -0.193. The van der Waals surface area contributed by atoms with Gasteiger partial charge in [0.15, 0.2) is 9.84 Å². The molecule has 1 aliphatic rings. The van der Waals surface area contributed by atoms with Gasteiger partial charge in [-0.25, -0.2) is 21.6 Å². The molecular weight excluding hydrogens is 332 g/mol. The summed E-state index contributed by atoms with van der Waals surface area (Å²) in [5.41, 5.74) is -0.266. The van der Waals surface area contributed by atoms with Crippen LogP contribution in [0.3, 0.4) is 0 Å². The van der Waals surface area contributed by atoms with Gasteiger partial charge in [-0.3, -0.25) is 10.1 Å². The number of hydrogen-bond acceptors (Lipinski definition) is 6. The molecule has 1 aliphatic heterocycles. The van der Waals surface area contributed by atoms with Crippen molar-refractivity contribution < 1.29 is 21.8 Å². The van der Waals surface area contributed by atoms with E-state index in [0.717, 1.165) is 0 Å². The Bertz CT molecular complexity index is 801. The Hall–Kier alpha value is -1.52. The Labute approximate surface area is 128 Å². The van der Waals surface area contributed by atoms with E-state index < -0.39 is 30.8 Å². The smallest absolute Gasteiger partial charge is 0.258 e. The molecule has 2 rings (SSSR count). The lowest BCUT2D eigenvalue weighted by Crippen LogP contribution is -2.43. The average molecular weight is 348 g/mol. The first-order valence-electron chi connectivity index (χ1n) is 6.59. The third kappa shape index (κ3) is 3.62. The molecule has 0 bridgehead atoms. The van der Waals surface area contributed by atoms with Crippen molar-refractivity contribution in [2.45, 2.75) is 30.7 Å². The summed E-state index contributed by atoms with van der Waals surface area (Å²) < 4.78 is 50.2. The molecule has 1 aromatic rings. The Balaban J connectivity index is 2.32. The van der Waals surface area contributed by atoms with Crippen LogP contribution < -0.4 is 4.72 Å². The van der Waals surface area contributed by atoms with Crippen LogP contribution in [-0.4, -0.2) is 39.3 Å². The van der Waals surface area contributed by atoms with E-state index in [2.05, 4.69) is 4.72 Å². The average Bonchev–Trinajstić information content (AvgIpc) is 2.36. The minimum absolute atomic E-state index is 0.0265. The molecule has 8 nitrogen and oxygen atoms in total. The number of benzene rings is 1. The molecule has 1 saturated heterocycles. The molecule has 1 heterocycles. The second kappa shape index (κ2) is 5.94. The summed E-state index contributed by atoms with van der Waals surface area (Å²) in [4.78, 5) is 10.0. The Morgan fingerprint density at radius 1 is 1.36 bits per heavy atom. The lowest BCUT2D eigenvalue weighted by atomic mass is 10.2. The van der Waals surface area contributed by atoms with Crippen molar-refractivity contribution in [2.24, 2.45) is 0 Å². The molecule has 22 heavy (non-hydrogen) atoms. The maximum absolute atomic E-state index is 12.4. The van der Waals surface area contributed by atoms with Crippen molar-refractivity contribution in [1.82, 2.24) is 4.72 Å². The summed E-state index contributed by atoms with van der Waals surface area (Å²) in [6, 6.07) is 3.07. The van der Waals surface area contributed by atoms with Gasteiger partial charge in [-0.1, -0.05) is 6.07 Å². The SMILES string of the molecule is Cc1c([N+](=O)[O-])cccc1S(=O)(=O)N[C@@H]1CCCS(=O)(=O)C1. The highest BCUT2D eigenvalue weighted by atomic mass is 32.2. The van der Waals surface area contributed by atoms with Gasteiger partial charge in [0, 0.05) is 17.7 Å². The van der Waals surface area contributed by atoms with Gasteiger partial charge < -0.3 is 0 Å². The third-order valence-electron chi connectivity index (χ3n) is 3.53. The fourth-order valence-electron chi connectivity index (χ4n) is 2.49. The number of sulfone groups is 1. The quantitative estimate of drug-likeness (QED) is 0.633. The first-order chi connectivity index (χ1) is 10.1. The van der Waals surface area contributed by atoms with Crippen molar-refractivity contribution in [3.8, 4) is 0 Å². The number of sulfonamides is 1. The number of rotatable bonds is 4. The topological polar surface area (TPSA) is 123 Å². The molecular formula is C12H16N2O6S2. The molecule has 0 unspecified atom stereocenters. The van der Waals surface area contributed by atoms with Crippen molar-refractivity contribution in [3.05, 3.63) is 33.9 Å². The monoisotopic (exact) mass is 348 g/mol. The molecule has 1 atom stereocenters. The molecule has 0 amide bonds. The summed E-state index contributed by atoms with van der Waals surface area (Å²) in [5, 5.41) is 10.9. The molecule has 1 aromatic carbocycles. The minimum atomic E-state index is -4.02. The van der Waals surface area contributed by atoms with Crippen molar-refractivity contribution >= 4 is 25.5 Å². The fourth-order valence-corrected chi connectivity index (χ4v) is 5.76. The summed E-state index contributed by atoms with van der Waals surface area (Å²) in [7, 11) is -7.27. The normalized spacial score (nSPS) is 21.4. The number of hydrogen-bond donors (Lipinski definition) is 1. The first-order valence-corrected chi connectivity index (χ1v) is 9.89. The van der Waals surface area contributed by atoms with Crippen LogP contribution in [-0.2, 0) is 19.9 Å². The minimum Gasteiger partial charge on any atom is -0.258 e. The number of nitro groups is 1. The van der Waals surface area contributed by atoms with E-state index in [1.54, 1.807) is 0 Å². The van der Waals surface area contributed by atoms with E-state index in [-0.39, 0.29) is 27.7 Å². The van der Waals surface area contributed by atoms with E-state index >= 15 is 0 Å². The fraction of sp³-hybridized carbons (Fsp3) is 0.500. The van der Waals surface area contributed by atoms with Crippen molar-refractivity contribution in [1.29, 1.82) is 0 Å². The predicted molar refractivity (Wildman–Crippen MR) is 79.8 cm³/mol. The Morgan fingerprint density at radius 3 is 2.64 bits per heavy atom. The van der Waals surface area contributed by atoms with E-state index in [0.29, 0.717) is 12.8 Å². The largest absolute Gasteiger partial charge is 0.273 e. The molecule has 1 N–H and O–H groups in total. The van der Waals surface area contributed by atoms with E-state index in [9.17, 15) is 26.9 Å². The Morgan fingerprint density at radius 2 is 2.05 bits per heavy atom. The van der Waals surface area contributed by atoms with Crippen molar-refractivity contribution in [2.75, 3.05) is 11.5 Å². The molecule has 0 aromatic heterocycles. The number of nitrogens with zero attached hydrogens (tertiary/aromatic N) is 1. The predicted octanol–water partition coefficient (Wildman–Crippen LogP) is 0.759. The summed E-state index contributed by atoms with van der Waals surface area (Å²) in [6.45, 7) is 1.35. The maximum Gasteiger partial charge on any atom is 0.273 e. The molecule has 0 saturated carbocycles. The van der Waals surface area contributed by atoms with Crippen LogP contribution in [0.1, 0.15) is 18.4 Å². The van der Waals surface area contributed by atoms with E-state index in [1.165, 1.54) is 25.1 Å². The summed E-state index contributed by atoms with van der Waals surface area (Å²) in [6.07, 6.45) is 0.815. The van der Waals surface area contributed by atoms with Crippen LogP contribution in [0.15, 0.2) is 23.1 Å². The zero-order chi connectivity index (χ0) is 16.5. The first kappa shape index (κ1) is 16.8. The lowest BCUT2D eigenvalue weighted by Gasteiger charge is -2.23. The van der Waals surface area contributed by atoms with Crippen LogP contribution in [0.25, 0.3) is 0 Å². The van der Waals surface area contributed by atoms with Crippen molar-refractivity contribution in [3.63, 3.8) is 0 Å². The van der Waals surface area contributed by atoms with Gasteiger partial charge in [-0.2, -0.15) is 0 Å². The van der Waals surface area contributed by atoms with Crippen LogP contribution in [0.4, 0.5) is 5.69 Å². The summed E-state index contributed by atoms with van der Waals surface area (Å²) >= 11 is 0. The van der Waals surface area contributed by atoms with Gasteiger partial charge in [0.25, 0.3) is 5.69 Å². The van der Waals surface area contributed by atoms with Gasteiger partial charge in [-0.05, 0) is 25.8 Å². The van der Waals surface area contributed by atoms with Gasteiger partial charge in [0.2, 0.25) is 10.0 Å². The van der Waals surface area contributed by atoms with E-state index in [4.69, 9.17) is 0 Å². The molecule has 1 fully saturated rings.